The number of amides is 1. The maximum absolute atomic E-state index is 13.4. The van der Waals surface area contributed by atoms with Gasteiger partial charge in [-0.1, -0.05) is 0 Å². The third kappa shape index (κ3) is 5.29. The average Bonchev–Trinajstić information content (AvgIpc) is 3.52. The Labute approximate surface area is 197 Å². The van der Waals surface area contributed by atoms with Crippen LogP contribution in [0.2, 0.25) is 0 Å². The highest BCUT2D eigenvalue weighted by atomic mass is 32.2. The van der Waals surface area contributed by atoms with Gasteiger partial charge in [0, 0.05) is 12.1 Å². The number of nitrogens with zero attached hydrogens (tertiary/aromatic N) is 2. The maximum Gasteiger partial charge on any atom is 0.253 e. The maximum atomic E-state index is 13.4. The number of carbonyl (C=O) groups excluding carboxylic acids is 1. The highest BCUT2D eigenvalue weighted by Gasteiger charge is 2.31. The quantitative estimate of drug-likeness (QED) is 0.449. The van der Waals surface area contributed by atoms with E-state index in [0.717, 1.165) is 24.7 Å². The molecule has 1 aliphatic carbocycles. The summed E-state index contributed by atoms with van der Waals surface area (Å²) in [6, 6.07) is 7.34. The van der Waals surface area contributed by atoms with Crippen LogP contribution in [0.4, 0.5) is 4.39 Å². The third-order valence-corrected chi connectivity index (χ3v) is 7.24. The highest BCUT2D eigenvalue weighted by Crippen LogP contribution is 2.44. The summed E-state index contributed by atoms with van der Waals surface area (Å²) in [5.74, 6) is -0.694. The highest BCUT2D eigenvalue weighted by molar-refractivity contribution is 7.88. The van der Waals surface area contributed by atoms with Crippen LogP contribution in [0.25, 0.3) is 22.4 Å². The van der Waals surface area contributed by atoms with E-state index in [2.05, 4.69) is 4.98 Å². The van der Waals surface area contributed by atoms with E-state index in [1.807, 2.05) is 6.07 Å². The largest absolute Gasteiger partial charge is 0.437 e. The summed E-state index contributed by atoms with van der Waals surface area (Å²) in [5, 5.41) is 9.99. The minimum atomic E-state index is -3.53. The average molecular weight is 490 g/mol. The van der Waals surface area contributed by atoms with Crippen molar-refractivity contribution in [3.8, 4) is 11.3 Å². The lowest BCUT2D eigenvalue weighted by atomic mass is 10.0. The molecule has 1 amide bonds. The number of primary amides is 1. The second-order valence-electron chi connectivity index (χ2n) is 8.92. The Hall–Kier alpha value is -2.82. The number of fused-ring (bicyclic) bond motifs is 1. The smallest absolute Gasteiger partial charge is 0.253 e. The Kier molecular flexibility index (Phi) is 6.75. The van der Waals surface area contributed by atoms with Crippen molar-refractivity contribution in [2.75, 3.05) is 12.8 Å². The molecule has 10 heteroatoms. The minimum absolute atomic E-state index is 0.0545. The Bertz CT molecular complexity index is 1310. The normalized spacial score (nSPS) is 15.2. The molecule has 0 spiro atoms. The van der Waals surface area contributed by atoms with E-state index >= 15 is 0 Å². The van der Waals surface area contributed by atoms with Crippen molar-refractivity contribution < 1.29 is 27.1 Å². The predicted octanol–water partition coefficient (Wildman–Crippen LogP) is 3.53. The molecule has 0 radical (unpaired) electrons. The van der Waals surface area contributed by atoms with Crippen molar-refractivity contribution in [1.29, 1.82) is 0 Å². The number of sulfonamides is 1. The lowest BCUT2D eigenvalue weighted by molar-refractivity contribution is 0.100. The molecular formula is C24H28FN3O5S. The molecule has 182 valence electrons. The Morgan fingerprint density at radius 2 is 2.00 bits per heavy atom. The molecule has 8 nitrogen and oxygen atoms in total. The van der Waals surface area contributed by atoms with Crippen LogP contribution in [0.15, 0.2) is 34.7 Å². The van der Waals surface area contributed by atoms with Crippen LogP contribution in [-0.2, 0) is 16.6 Å². The molecule has 1 fully saturated rings. The van der Waals surface area contributed by atoms with Gasteiger partial charge < -0.3 is 15.3 Å². The SMILES string of the molecule is CC(O)CCCN(Cc1nc2oc(-c3ccc(F)cc3)c(C(N)=O)c2cc1C1CC1)S(C)(=O)=O. The molecule has 2 aromatic heterocycles. The predicted molar refractivity (Wildman–Crippen MR) is 126 cm³/mol. The topological polar surface area (TPSA) is 127 Å². The number of hydrogen-bond acceptors (Lipinski definition) is 6. The second kappa shape index (κ2) is 9.44. The molecule has 1 saturated carbocycles. The van der Waals surface area contributed by atoms with Crippen molar-refractivity contribution in [2.24, 2.45) is 5.73 Å². The van der Waals surface area contributed by atoms with Gasteiger partial charge in [-0.05, 0) is 74.4 Å². The summed E-state index contributed by atoms with van der Waals surface area (Å²) >= 11 is 0. The number of aliphatic hydroxyl groups is 1. The standard InChI is InChI=1S/C24H28FN3O5S/c1-14(29)4-3-11-28(34(2,31)32)13-20-18(15-5-6-15)12-19-21(23(26)30)22(33-24(19)27-20)16-7-9-17(25)10-8-16/h7-10,12,14-15,29H,3-6,11,13H2,1-2H3,(H2,26,30). The van der Waals surface area contributed by atoms with E-state index in [-0.39, 0.29) is 36.0 Å². The lowest BCUT2D eigenvalue weighted by Gasteiger charge is -2.21. The first-order valence-electron chi connectivity index (χ1n) is 11.2. The fourth-order valence-corrected chi connectivity index (χ4v) is 4.91. The van der Waals surface area contributed by atoms with Gasteiger partial charge in [0.15, 0.2) is 0 Å². The summed E-state index contributed by atoms with van der Waals surface area (Å²) in [5.41, 5.74) is 7.93. The molecule has 3 aromatic rings. The van der Waals surface area contributed by atoms with Gasteiger partial charge in [-0.15, -0.1) is 0 Å². The number of halogens is 1. The molecule has 3 N–H and O–H groups in total. The van der Waals surface area contributed by atoms with Gasteiger partial charge in [-0.2, -0.15) is 4.31 Å². The van der Waals surface area contributed by atoms with Crippen molar-refractivity contribution in [1.82, 2.24) is 9.29 Å². The number of nitrogens with two attached hydrogens (primary N) is 1. The van der Waals surface area contributed by atoms with Crippen LogP contribution in [0.5, 0.6) is 0 Å². The summed E-state index contributed by atoms with van der Waals surface area (Å²) in [6.07, 6.45) is 3.50. The van der Waals surface area contributed by atoms with Crippen LogP contribution in [0, 0.1) is 5.82 Å². The van der Waals surface area contributed by atoms with Gasteiger partial charge in [0.05, 0.1) is 35.5 Å². The molecular weight excluding hydrogens is 461 g/mol. The van der Waals surface area contributed by atoms with E-state index in [1.165, 1.54) is 28.6 Å². The zero-order chi connectivity index (χ0) is 24.6. The fourth-order valence-electron chi connectivity index (χ4n) is 4.09. The summed E-state index contributed by atoms with van der Waals surface area (Å²) in [6.45, 7) is 1.97. The van der Waals surface area contributed by atoms with Crippen LogP contribution in [0.3, 0.4) is 0 Å². The first-order valence-corrected chi connectivity index (χ1v) is 13.0. The molecule has 1 atom stereocenters. The number of rotatable bonds is 10. The first-order chi connectivity index (χ1) is 16.0. The van der Waals surface area contributed by atoms with Crippen LogP contribution in [-0.4, -0.2) is 47.6 Å². The van der Waals surface area contributed by atoms with Gasteiger partial charge >= 0.3 is 0 Å². The third-order valence-electron chi connectivity index (χ3n) is 5.99. The van der Waals surface area contributed by atoms with Gasteiger partial charge in [-0.3, -0.25) is 4.79 Å². The number of pyridine rings is 1. The molecule has 1 aromatic carbocycles. The van der Waals surface area contributed by atoms with Crippen molar-refractivity contribution in [2.45, 2.75) is 51.2 Å². The molecule has 0 bridgehead atoms. The molecule has 4 rings (SSSR count). The van der Waals surface area contributed by atoms with E-state index in [9.17, 15) is 22.7 Å². The Morgan fingerprint density at radius 1 is 1.32 bits per heavy atom. The zero-order valence-corrected chi connectivity index (χ0v) is 19.9. The molecule has 2 heterocycles. The van der Waals surface area contributed by atoms with Gasteiger partial charge in [0.1, 0.15) is 11.6 Å². The summed E-state index contributed by atoms with van der Waals surface area (Å²) in [4.78, 5) is 17.0. The summed E-state index contributed by atoms with van der Waals surface area (Å²) < 4.78 is 45.6. The van der Waals surface area contributed by atoms with Crippen LogP contribution < -0.4 is 5.73 Å². The zero-order valence-electron chi connectivity index (χ0n) is 19.1. The molecule has 1 unspecified atom stereocenters. The fraction of sp³-hybridized carbons (Fsp3) is 0.417. The molecule has 0 saturated heterocycles. The van der Waals surface area contributed by atoms with E-state index in [4.69, 9.17) is 10.2 Å². The Morgan fingerprint density at radius 3 is 2.56 bits per heavy atom. The van der Waals surface area contributed by atoms with Crippen molar-refractivity contribution in [3.63, 3.8) is 0 Å². The number of benzene rings is 1. The number of hydrogen-bond donors (Lipinski definition) is 2. The first kappa shape index (κ1) is 24.3. The molecule has 34 heavy (non-hydrogen) atoms. The number of carbonyl (C=O) groups is 1. The molecule has 1 aliphatic rings. The number of aromatic nitrogens is 1. The lowest BCUT2D eigenvalue weighted by Crippen LogP contribution is -2.31. The molecule has 0 aliphatic heterocycles. The van der Waals surface area contributed by atoms with Crippen LogP contribution >= 0.6 is 0 Å². The van der Waals surface area contributed by atoms with Gasteiger partial charge in [-0.25, -0.2) is 17.8 Å². The van der Waals surface area contributed by atoms with E-state index in [0.29, 0.717) is 29.5 Å². The van der Waals surface area contributed by atoms with E-state index in [1.54, 1.807) is 6.92 Å². The monoisotopic (exact) mass is 489 g/mol. The van der Waals surface area contributed by atoms with Gasteiger partial charge in [0.2, 0.25) is 15.7 Å². The number of aliphatic hydroxyl groups excluding tert-OH is 1. The summed E-state index contributed by atoms with van der Waals surface area (Å²) in [7, 11) is -3.53. The van der Waals surface area contributed by atoms with Crippen molar-refractivity contribution in [3.05, 3.63) is 53.0 Å². The van der Waals surface area contributed by atoms with Crippen molar-refractivity contribution >= 4 is 27.0 Å². The van der Waals surface area contributed by atoms with E-state index < -0.39 is 27.9 Å². The second-order valence-corrected chi connectivity index (χ2v) is 10.9. The van der Waals surface area contributed by atoms with Gasteiger partial charge in [0.25, 0.3) is 5.91 Å². The Balaban J connectivity index is 1.79. The minimum Gasteiger partial charge on any atom is -0.437 e. The van der Waals surface area contributed by atoms with Crippen LogP contribution in [0.1, 0.15) is 60.1 Å². The number of furan rings is 1.